The van der Waals surface area contributed by atoms with E-state index in [9.17, 15) is 15.0 Å². The van der Waals surface area contributed by atoms with Crippen molar-refractivity contribution in [1.82, 2.24) is 19.5 Å². The first kappa shape index (κ1) is 15.2. The Balaban J connectivity index is 2.12. The van der Waals surface area contributed by atoms with E-state index in [0.717, 1.165) is 0 Å². The first-order valence-corrected chi connectivity index (χ1v) is 6.95. The van der Waals surface area contributed by atoms with Crippen LogP contribution in [0.1, 0.15) is 11.9 Å². The largest absolute Gasteiger partial charge is 0.394 e. The summed E-state index contributed by atoms with van der Waals surface area (Å²) in [6.07, 6.45) is -2.94. The normalized spacial score (nSPS) is 28.4. The van der Waals surface area contributed by atoms with Crippen molar-refractivity contribution in [3.8, 4) is 0 Å². The van der Waals surface area contributed by atoms with Gasteiger partial charge in [-0.1, -0.05) is 0 Å². The maximum atomic E-state index is 11.5. The molecule has 9 nitrogen and oxygen atoms in total. The molecule has 1 aliphatic rings. The van der Waals surface area contributed by atoms with Gasteiger partial charge >= 0.3 is 0 Å². The number of aromatic nitrogens is 4. The summed E-state index contributed by atoms with van der Waals surface area (Å²) in [6.45, 7) is 1.12. The minimum atomic E-state index is -1.27. The maximum Gasteiger partial charge on any atom is 0.270 e. The van der Waals surface area contributed by atoms with E-state index in [0.29, 0.717) is 5.52 Å². The van der Waals surface area contributed by atoms with E-state index in [4.69, 9.17) is 22.1 Å². The van der Waals surface area contributed by atoms with Crippen LogP contribution in [-0.2, 0) is 4.74 Å². The van der Waals surface area contributed by atoms with E-state index < -0.39 is 31.1 Å². The summed E-state index contributed by atoms with van der Waals surface area (Å²) in [6, 6.07) is 0. The fourth-order valence-electron chi connectivity index (χ4n) is 2.35. The van der Waals surface area contributed by atoms with Crippen molar-refractivity contribution in [2.45, 2.75) is 31.5 Å². The molecular weight excluding hydrogens is 312 g/mol. The van der Waals surface area contributed by atoms with Crippen molar-refractivity contribution >= 4 is 23.4 Å². The number of rotatable bonds is 2. The van der Waals surface area contributed by atoms with Gasteiger partial charge in [0.2, 0.25) is 4.77 Å². The third kappa shape index (κ3) is 2.34. The Bertz CT molecular complexity index is 834. The average molecular weight is 326 g/mol. The first-order chi connectivity index (χ1) is 10.4. The molecule has 1 aliphatic heterocycles. The van der Waals surface area contributed by atoms with Crippen LogP contribution < -0.4 is 5.56 Å². The van der Waals surface area contributed by atoms with E-state index in [1.807, 2.05) is 0 Å². The van der Waals surface area contributed by atoms with Crippen molar-refractivity contribution < 1.29 is 20.1 Å². The first-order valence-electron chi connectivity index (χ1n) is 6.54. The monoisotopic (exact) mass is 326 g/mol. The molecule has 4 N–H and O–H groups in total. The molecule has 0 saturated carbocycles. The Hall–Kier alpha value is -1.72. The lowest BCUT2D eigenvalue weighted by molar-refractivity contribution is -0.0539. The molecule has 3 rings (SSSR count). The number of fused-ring (bicyclic) bond motifs is 1. The quantitative estimate of drug-likeness (QED) is 0.504. The maximum absolute atomic E-state index is 11.5. The summed E-state index contributed by atoms with van der Waals surface area (Å²) >= 11 is 5.13. The summed E-state index contributed by atoms with van der Waals surface area (Å²) in [7, 11) is 0. The van der Waals surface area contributed by atoms with Gasteiger partial charge < -0.3 is 25.0 Å². The third-order valence-corrected chi connectivity index (χ3v) is 3.87. The number of hydrogen-bond donors (Lipinski definition) is 4. The number of aromatic amines is 1. The van der Waals surface area contributed by atoms with Crippen LogP contribution in [0, 0.1) is 11.7 Å². The van der Waals surface area contributed by atoms with E-state index >= 15 is 0 Å². The summed E-state index contributed by atoms with van der Waals surface area (Å²) in [5.41, 5.74) is 0.492. The van der Waals surface area contributed by atoms with Gasteiger partial charge in [-0.15, -0.1) is 0 Å². The molecule has 1 unspecified atom stereocenters. The SMILES string of the molecule is Cc1nc2cn([C@@H]3O[C@H](CO)[C@H](O)C3O)c(=S)nc2[nH]c1=O. The van der Waals surface area contributed by atoms with Gasteiger partial charge in [0.15, 0.2) is 11.9 Å². The second kappa shape index (κ2) is 5.48. The van der Waals surface area contributed by atoms with E-state index in [-0.39, 0.29) is 21.7 Å². The Morgan fingerprint density at radius 2 is 2.14 bits per heavy atom. The van der Waals surface area contributed by atoms with E-state index in [1.54, 1.807) is 6.92 Å². The van der Waals surface area contributed by atoms with Crippen LogP contribution in [0.15, 0.2) is 11.0 Å². The van der Waals surface area contributed by atoms with Crippen molar-refractivity contribution in [2.24, 2.45) is 0 Å². The fraction of sp³-hybridized carbons (Fsp3) is 0.500. The Morgan fingerprint density at radius 3 is 2.77 bits per heavy atom. The van der Waals surface area contributed by atoms with E-state index in [1.165, 1.54) is 10.8 Å². The summed E-state index contributed by atoms with van der Waals surface area (Å²) in [5.74, 6) is 0. The van der Waals surface area contributed by atoms with Gasteiger partial charge in [-0.25, -0.2) is 4.98 Å². The number of nitrogens with zero attached hydrogens (tertiary/aromatic N) is 3. The minimum Gasteiger partial charge on any atom is -0.394 e. The highest BCUT2D eigenvalue weighted by Gasteiger charge is 2.43. The molecule has 0 amide bonds. The summed E-state index contributed by atoms with van der Waals surface area (Å²) in [5, 5.41) is 29.0. The molecule has 1 saturated heterocycles. The number of H-pyrrole nitrogens is 1. The fourth-order valence-corrected chi connectivity index (χ4v) is 2.60. The minimum absolute atomic E-state index is 0.0450. The molecule has 1 fully saturated rings. The smallest absolute Gasteiger partial charge is 0.270 e. The van der Waals surface area contributed by atoms with Crippen LogP contribution in [-0.4, -0.2) is 59.8 Å². The predicted molar refractivity (Wildman–Crippen MR) is 76.7 cm³/mol. The zero-order chi connectivity index (χ0) is 16.0. The standard InChI is InChI=1S/C12H14N4O5S/c1-4-10(20)14-9-5(13-4)2-16(12(22)15-9)11-8(19)7(18)6(3-17)21-11/h2,6-8,11,17-19H,3H2,1H3,(H,14,15,20,22)/t6-,7+,8?,11-/m1/s1. The Labute approximate surface area is 128 Å². The van der Waals surface area contributed by atoms with Crippen molar-refractivity contribution in [3.63, 3.8) is 0 Å². The molecule has 10 heteroatoms. The second-order valence-corrected chi connectivity index (χ2v) is 5.41. The topological polar surface area (TPSA) is 133 Å². The molecule has 118 valence electrons. The van der Waals surface area contributed by atoms with Crippen LogP contribution in [0.2, 0.25) is 0 Å². The van der Waals surface area contributed by atoms with Crippen LogP contribution in [0.3, 0.4) is 0 Å². The van der Waals surface area contributed by atoms with Crippen LogP contribution in [0.4, 0.5) is 0 Å². The van der Waals surface area contributed by atoms with Crippen LogP contribution in [0.5, 0.6) is 0 Å². The molecule has 0 radical (unpaired) electrons. The second-order valence-electron chi connectivity index (χ2n) is 5.04. The Kier molecular flexibility index (Phi) is 3.78. The predicted octanol–water partition coefficient (Wildman–Crippen LogP) is -1.23. The highest BCUT2D eigenvalue weighted by atomic mass is 32.1. The number of hydrogen-bond acceptors (Lipinski definition) is 8. The van der Waals surface area contributed by atoms with Gasteiger partial charge in [-0.2, -0.15) is 4.98 Å². The number of aliphatic hydroxyl groups is 3. The molecule has 0 spiro atoms. The molecular formula is C12H14N4O5S. The number of ether oxygens (including phenoxy) is 1. The highest BCUT2D eigenvalue weighted by molar-refractivity contribution is 7.71. The van der Waals surface area contributed by atoms with Gasteiger partial charge in [0, 0.05) is 6.20 Å². The molecule has 2 aromatic rings. The number of nitrogens with one attached hydrogen (secondary N) is 1. The van der Waals surface area contributed by atoms with Gasteiger partial charge in [0.05, 0.1) is 6.61 Å². The van der Waals surface area contributed by atoms with Crippen LogP contribution in [0.25, 0.3) is 11.2 Å². The molecule has 22 heavy (non-hydrogen) atoms. The molecule has 0 bridgehead atoms. The van der Waals surface area contributed by atoms with Crippen molar-refractivity contribution in [3.05, 3.63) is 27.0 Å². The summed E-state index contributed by atoms with van der Waals surface area (Å²) < 4.78 is 6.80. The van der Waals surface area contributed by atoms with Gasteiger partial charge in [0.25, 0.3) is 5.56 Å². The van der Waals surface area contributed by atoms with Gasteiger partial charge in [-0.3, -0.25) is 9.36 Å². The molecule has 3 heterocycles. The van der Waals surface area contributed by atoms with E-state index in [2.05, 4.69) is 15.0 Å². The van der Waals surface area contributed by atoms with Gasteiger partial charge in [0.1, 0.15) is 29.5 Å². The third-order valence-electron chi connectivity index (χ3n) is 3.57. The average Bonchev–Trinajstić information content (AvgIpc) is 2.76. The number of aliphatic hydroxyl groups excluding tert-OH is 3. The lowest BCUT2D eigenvalue weighted by atomic mass is 10.1. The van der Waals surface area contributed by atoms with Gasteiger partial charge in [-0.05, 0) is 19.1 Å². The number of aryl methyl sites for hydroxylation is 1. The highest BCUT2D eigenvalue weighted by Crippen LogP contribution is 2.29. The summed E-state index contributed by atoms with van der Waals surface area (Å²) in [4.78, 5) is 22.3. The molecule has 0 aliphatic carbocycles. The lowest BCUT2D eigenvalue weighted by Crippen LogP contribution is -2.33. The molecule has 0 aromatic carbocycles. The van der Waals surface area contributed by atoms with Crippen LogP contribution >= 0.6 is 12.2 Å². The van der Waals surface area contributed by atoms with Crippen molar-refractivity contribution in [2.75, 3.05) is 6.61 Å². The Morgan fingerprint density at radius 1 is 1.41 bits per heavy atom. The zero-order valence-electron chi connectivity index (χ0n) is 11.5. The zero-order valence-corrected chi connectivity index (χ0v) is 12.3. The van der Waals surface area contributed by atoms with Crippen molar-refractivity contribution in [1.29, 1.82) is 0 Å². The molecule has 2 aromatic heterocycles. The lowest BCUT2D eigenvalue weighted by Gasteiger charge is -2.18. The molecule has 4 atom stereocenters.